The number of esters is 1. The Morgan fingerprint density at radius 2 is 1.95 bits per heavy atom. The highest BCUT2D eigenvalue weighted by Gasteiger charge is 2.17. The molecular weight excluding hydrogens is 258 g/mol. The normalized spacial score (nSPS) is 12.4. The van der Waals surface area contributed by atoms with Gasteiger partial charge >= 0.3 is 12.0 Å². The number of nitrogens with one attached hydrogen (secondary N) is 2. The van der Waals surface area contributed by atoms with E-state index in [9.17, 15) is 9.59 Å². The van der Waals surface area contributed by atoms with Gasteiger partial charge in [-0.05, 0) is 32.9 Å². The molecule has 2 N–H and O–H groups in total. The van der Waals surface area contributed by atoms with Crippen molar-refractivity contribution in [1.82, 2.24) is 5.43 Å². The van der Waals surface area contributed by atoms with Crippen molar-refractivity contribution >= 4 is 23.4 Å². The summed E-state index contributed by atoms with van der Waals surface area (Å²) in [4.78, 5) is 23.1. The van der Waals surface area contributed by atoms with Crippen molar-refractivity contribution in [2.24, 2.45) is 11.0 Å². The fourth-order valence-electron chi connectivity index (χ4n) is 1.35. The number of rotatable bonds is 5. The van der Waals surface area contributed by atoms with Crippen LogP contribution < -0.4 is 10.7 Å². The Kier molecular flexibility index (Phi) is 6.22. The summed E-state index contributed by atoms with van der Waals surface area (Å²) in [7, 11) is 0. The molecule has 1 rings (SSSR count). The molecule has 0 bridgehead atoms. The van der Waals surface area contributed by atoms with Gasteiger partial charge in [0, 0.05) is 11.4 Å². The fraction of sp³-hybridized carbons (Fsp3) is 0.357. The molecule has 2 amide bonds. The second-order valence-electron chi connectivity index (χ2n) is 4.16. The Bertz CT molecular complexity index is 486. The molecule has 0 aromatic heterocycles. The zero-order chi connectivity index (χ0) is 15.0. The SMILES string of the molecule is CCOC(=O)C(C)C(C)=NNC(=O)Nc1ccccc1. The van der Waals surface area contributed by atoms with Crippen molar-refractivity contribution in [3.05, 3.63) is 30.3 Å². The van der Waals surface area contributed by atoms with E-state index in [0.29, 0.717) is 18.0 Å². The first-order chi connectivity index (χ1) is 9.54. The summed E-state index contributed by atoms with van der Waals surface area (Å²) in [6, 6.07) is 8.53. The molecule has 1 unspecified atom stereocenters. The molecule has 0 saturated carbocycles. The standard InChI is InChI=1S/C14H19N3O3/c1-4-20-13(18)10(2)11(3)16-17-14(19)15-12-8-6-5-7-9-12/h5-10H,4H2,1-3H3,(H2,15,17,19). The summed E-state index contributed by atoms with van der Waals surface area (Å²) in [5, 5.41) is 6.49. The van der Waals surface area contributed by atoms with Gasteiger partial charge < -0.3 is 10.1 Å². The highest BCUT2D eigenvalue weighted by molar-refractivity contribution is 6.01. The van der Waals surface area contributed by atoms with E-state index in [2.05, 4.69) is 15.8 Å². The van der Waals surface area contributed by atoms with Crippen molar-refractivity contribution in [3.8, 4) is 0 Å². The first kappa shape index (κ1) is 15.7. The molecule has 0 aliphatic rings. The number of carbonyl (C=O) groups is 2. The maximum atomic E-state index is 11.6. The summed E-state index contributed by atoms with van der Waals surface area (Å²) in [5.41, 5.74) is 3.48. The van der Waals surface area contributed by atoms with Crippen LogP contribution in [-0.2, 0) is 9.53 Å². The molecule has 0 aliphatic heterocycles. The Morgan fingerprint density at radius 1 is 1.30 bits per heavy atom. The topological polar surface area (TPSA) is 79.8 Å². The Labute approximate surface area is 118 Å². The van der Waals surface area contributed by atoms with E-state index in [-0.39, 0.29) is 5.97 Å². The van der Waals surface area contributed by atoms with Crippen LogP contribution in [0.4, 0.5) is 10.5 Å². The van der Waals surface area contributed by atoms with Crippen LogP contribution in [0.1, 0.15) is 20.8 Å². The van der Waals surface area contributed by atoms with Gasteiger partial charge in [-0.15, -0.1) is 0 Å². The molecule has 0 radical (unpaired) electrons. The molecule has 0 heterocycles. The predicted molar refractivity (Wildman–Crippen MR) is 77.5 cm³/mol. The maximum absolute atomic E-state index is 11.6. The van der Waals surface area contributed by atoms with Gasteiger partial charge in [-0.1, -0.05) is 18.2 Å². The van der Waals surface area contributed by atoms with Crippen LogP contribution in [0, 0.1) is 5.92 Å². The van der Waals surface area contributed by atoms with E-state index in [4.69, 9.17) is 4.74 Å². The Hall–Kier alpha value is -2.37. The van der Waals surface area contributed by atoms with E-state index in [1.165, 1.54) is 0 Å². The number of nitrogens with zero attached hydrogens (tertiary/aromatic N) is 1. The summed E-state index contributed by atoms with van der Waals surface area (Å²) in [5.74, 6) is -0.856. The number of ether oxygens (including phenoxy) is 1. The van der Waals surface area contributed by atoms with Crippen LogP contribution >= 0.6 is 0 Å². The van der Waals surface area contributed by atoms with Gasteiger partial charge in [0.1, 0.15) is 0 Å². The van der Waals surface area contributed by atoms with Gasteiger partial charge in [0.25, 0.3) is 0 Å². The van der Waals surface area contributed by atoms with Crippen LogP contribution in [0.3, 0.4) is 0 Å². The van der Waals surface area contributed by atoms with Crippen LogP contribution in [0.25, 0.3) is 0 Å². The average molecular weight is 277 g/mol. The number of hydrogen-bond acceptors (Lipinski definition) is 4. The predicted octanol–water partition coefficient (Wildman–Crippen LogP) is 2.38. The third-order valence-electron chi connectivity index (χ3n) is 2.63. The minimum Gasteiger partial charge on any atom is -0.465 e. The van der Waals surface area contributed by atoms with Gasteiger partial charge in [-0.3, -0.25) is 4.79 Å². The molecule has 1 aromatic carbocycles. The van der Waals surface area contributed by atoms with E-state index < -0.39 is 11.9 Å². The molecule has 108 valence electrons. The van der Waals surface area contributed by atoms with Crippen molar-refractivity contribution < 1.29 is 14.3 Å². The highest BCUT2D eigenvalue weighted by Crippen LogP contribution is 2.05. The van der Waals surface area contributed by atoms with Gasteiger partial charge in [-0.25, -0.2) is 10.2 Å². The van der Waals surface area contributed by atoms with E-state index >= 15 is 0 Å². The third-order valence-corrected chi connectivity index (χ3v) is 2.63. The summed E-state index contributed by atoms with van der Waals surface area (Å²) >= 11 is 0. The molecule has 6 nitrogen and oxygen atoms in total. The smallest absolute Gasteiger partial charge is 0.339 e. The zero-order valence-corrected chi connectivity index (χ0v) is 11.8. The van der Waals surface area contributed by atoms with E-state index in [0.717, 1.165) is 0 Å². The molecule has 20 heavy (non-hydrogen) atoms. The largest absolute Gasteiger partial charge is 0.465 e. The fourth-order valence-corrected chi connectivity index (χ4v) is 1.35. The van der Waals surface area contributed by atoms with Crippen molar-refractivity contribution in [2.45, 2.75) is 20.8 Å². The van der Waals surface area contributed by atoms with Crippen LogP contribution in [-0.4, -0.2) is 24.3 Å². The number of para-hydroxylation sites is 1. The van der Waals surface area contributed by atoms with Crippen molar-refractivity contribution in [2.75, 3.05) is 11.9 Å². The zero-order valence-electron chi connectivity index (χ0n) is 11.8. The number of hydrogen-bond donors (Lipinski definition) is 2. The molecule has 1 atom stereocenters. The second-order valence-corrected chi connectivity index (χ2v) is 4.16. The molecule has 0 saturated heterocycles. The molecule has 0 aliphatic carbocycles. The van der Waals surface area contributed by atoms with Gasteiger partial charge in [0.2, 0.25) is 0 Å². The van der Waals surface area contributed by atoms with Gasteiger partial charge in [0.15, 0.2) is 0 Å². The van der Waals surface area contributed by atoms with Crippen molar-refractivity contribution in [3.63, 3.8) is 0 Å². The van der Waals surface area contributed by atoms with E-state index in [1.54, 1.807) is 32.9 Å². The number of urea groups is 1. The van der Waals surface area contributed by atoms with Crippen LogP contribution in [0.5, 0.6) is 0 Å². The lowest BCUT2D eigenvalue weighted by Crippen LogP contribution is -2.28. The third kappa shape index (κ3) is 5.09. The lowest BCUT2D eigenvalue weighted by atomic mass is 10.1. The summed E-state index contributed by atoms with van der Waals surface area (Å²) < 4.78 is 4.88. The monoisotopic (exact) mass is 277 g/mol. The molecule has 1 aromatic rings. The highest BCUT2D eigenvalue weighted by atomic mass is 16.5. The van der Waals surface area contributed by atoms with Gasteiger partial charge in [-0.2, -0.15) is 5.10 Å². The first-order valence-electron chi connectivity index (χ1n) is 6.37. The number of anilines is 1. The molecular formula is C14H19N3O3. The Morgan fingerprint density at radius 3 is 2.55 bits per heavy atom. The number of amides is 2. The summed E-state index contributed by atoms with van der Waals surface area (Å²) in [6.45, 7) is 5.39. The number of hydrazone groups is 1. The molecule has 0 spiro atoms. The average Bonchev–Trinajstić information content (AvgIpc) is 2.45. The minimum atomic E-state index is -0.494. The number of carbonyl (C=O) groups excluding carboxylic acids is 2. The maximum Gasteiger partial charge on any atom is 0.339 e. The van der Waals surface area contributed by atoms with Crippen LogP contribution in [0.2, 0.25) is 0 Å². The second kappa shape index (κ2) is 7.93. The van der Waals surface area contributed by atoms with Crippen molar-refractivity contribution in [1.29, 1.82) is 0 Å². The lowest BCUT2D eigenvalue weighted by molar-refractivity contribution is -0.145. The minimum absolute atomic E-state index is 0.318. The quantitative estimate of drug-likeness (QED) is 0.492. The van der Waals surface area contributed by atoms with Gasteiger partial charge in [0.05, 0.1) is 12.5 Å². The summed E-state index contributed by atoms with van der Waals surface area (Å²) in [6.07, 6.45) is 0. The van der Waals surface area contributed by atoms with Crippen LogP contribution in [0.15, 0.2) is 35.4 Å². The molecule has 0 fully saturated rings. The number of benzene rings is 1. The lowest BCUT2D eigenvalue weighted by Gasteiger charge is -2.10. The van der Waals surface area contributed by atoms with E-state index in [1.807, 2.05) is 18.2 Å². The molecule has 6 heteroatoms. The Balaban J connectivity index is 2.50. The first-order valence-corrected chi connectivity index (χ1v) is 6.37.